The van der Waals surface area contributed by atoms with Gasteiger partial charge in [-0.2, -0.15) is 18.3 Å². The van der Waals surface area contributed by atoms with Crippen LogP contribution >= 0.6 is 0 Å². The molecule has 0 aliphatic carbocycles. The minimum absolute atomic E-state index is 0.169. The molecule has 0 bridgehead atoms. The number of aromatic nitrogens is 3. The van der Waals surface area contributed by atoms with Crippen LogP contribution in [0.15, 0.2) is 49.1 Å². The van der Waals surface area contributed by atoms with Crippen molar-refractivity contribution >= 4 is 11.9 Å². The van der Waals surface area contributed by atoms with Gasteiger partial charge in [-0.25, -0.2) is 22.8 Å². The molecule has 13 heteroatoms. The van der Waals surface area contributed by atoms with Crippen LogP contribution < -0.4 is 0 Å². The number of hydrogen-bond acceptors (Lipinski definition) is 5. The molecule has 0 radical (unpaired) electrons. The van der Waals surface area contributed by atoms with Crippen molar-refractivity contribution in [2.24, 2.45) is 0 Å². The van der Waals surface area contributed by atoms with Crippen LogP contribution in [-0.4, -0.2) is 44.1 Å². The summed E-state index contributed by atoms with van der Waals surface area (Å²) in [7, 11) is 0. The Morgan fingerprint density at radius 3 is 2.49 bits per heavy atom. The van der Waals surface area contributed by atoms with Crippen LogP contribution in [0.1, 0.15) is 28.4 Å². The van der Waals surface area contributed by atoms with Gasteiger partial charge in [0.1, 0.15) is 36.7 Å². The number of nitrogens with zero attached hydrogens (tertiary/aromatic N) is 4. The minimum atomic E-state index is -4.84. The molecule has 184 valence electrons. The lowest BCUT2D eigenvalue weighted by atomic mass is 9.83. The molecule has 7 nitrogen and oxygen atoms in total. The van der Waals surface area contributed by atoms with Gasteiger partial charge in [0.2, 0.25) is 0 Å². The Kier molecular flexibility index (Phi) is 6.03. The second-order valence-corrected chi connectivity index (χ2v) is 7.88. The Hall–Kier alpha value is -3.90. The molecule has 1 fully saturated rings. The predicted molar refractivity (Wildman–Crippen MR) is 106 cm³/mol. The third-order valence-corrected chi connectivity index (χ3v) is 5.78. The Balaban J connectivity index is 1.80. The van der Waals surface area contributed by atoms with E-state index >= 15 is 0 Å². The van der Waals surface area contributed by atoms with Gasteiger partial charge in [0.05, 0.1) is 23.7 Å². The lowest BCUT2D eigenvalue weighted by Crippen LogP contribution is -2.61. The van der Waals surface area contributed by atoms with E-state index in [-0.39, 0.29) is 18.2 Å². The summed E-state index contributed by atoms with van der Waals surface area (Å²) in [6, 6.07) is 2.70. The molecule has 2 heterocycles. The molecule has 0 spiro atoms. The third kappa shape index (κ3) is 4.45. The van der Waals surface area contributed by atoms with E-state index in [9.17, 15) is 35.9 Å². The van der Waals surface area contributed by atoms with Crippen LogP contribution in [0.2, 0.25) is 0 Å². The zero-order valence-corrected chi connectivity index (χ0v) is 17.9. The van der Waals surface area contributed by atoms with E-state index in [4.69, 9.17) is 4.74 Å². The van der Waals surface area contributed by atoms with Crippen molar-refractivity contribution in [3.63, 3.8) is 0 Å². The highest BCUT2D eigenvalue weighted by Gasteiger charge is 2.52. The van der Waals surface area contributed by atoms with E-state index in [1.807, 2.05) is 0 Å². The standard InChI is InChI=1S/C22H16F6N4O3/c1-12-21(9-31-11-29-10-30-31,16-5-3-14(23)7-18(16)25)35-19(33)8-32(12)20(34)15-4-2-13(6-17(15)24)22(26,27)28/h2-7,10-12H,8-9H2,1H3/t12-,21-/m1/s1. The van der Waals surface area contributed by atoms with Gasteiger partial charge in [-0.1, -0.05) is 0 Å². The molecule has 0 saturated carbocycles. The third-order valence-electron chi connectivity index (χ3n) is 5.78. The Morgan fingerprint density at radius 1 is 1.14 bits per heavy atom. The highest BCUT2D eigenvalue weighted by molar-refractivity contribution is 5.97. The predicted octanol–water partition coefficient (Wildman–Crippen LogP) is 3.70. The van der Waals surface area contributed by atoms with Gasteiger partial charge in [0.25, 0.3) is 5.91 Å². The van der Waals surface area contributed by atoms with Gasteiger partial charge in [-0.15, -0.1) is 0 Å². The summed E-state index contributed by atoms with van der Waals surface area (Å²) >= 11 is 0. The lowest BCUT2D eigenvalue weighted by Gasteiger charge is -2.47. The van der Waals surface area contributed by atoms with Crippen molar-refractivity contribution < 1.29 is 40.7 Å². The number of esters is 1. The van der Waals surface area contributed by atoms with Gasteiger partial charge in [-0.3, -0.25) is 9.59 Å². The number of amides is 1. The van der Waals surface area contributed by atoms with Crippen molar-refractivity contribution in [2.75, 3.05) is 6.54 Å². The summed E-state index contributed by atoms with van der Waals surface area (Å²) in [5, 5.41) is 3.91. The first-order chi connectivity index (χ1) is 16.4. The number of morpholine rings is 1. The van der Waals surface area contributed by atoms with E-state index in [0.29, 0.717) is 18.2 Å². The van der Waals surface area contributed by atoms with E-state index < -0.39 is 64.8 Å². The van der Waals surface area contributed by atoms with Crippen LogP contribution in [0.4, 0.5) is 26.3 Å². The Labute approximate surface area is 193 Å². The zero-order chi connectivity index (χ0) is 25.5. The van der Waals surface area contributed by atoms with Crippen LogP contribution in [0.5, 0.6) is 0 Å². The fraction of sp³-hybridized carbons (Fsp3) is 0.273. The van der Waals surface area contributed by atoms with E-state index in [2.05, 4.69) is 10.1 Å². The van der Waals surface area contributed by atoms with Crippen LogP contribution in [0.3, 0.4) is 0 Å². The van der Waals surface area contributed by atoms with Crippen LogP contribution in [0.25, 0.3) is 0 Å². The van der Waals surface area contributed by atoms with Crippen molar-refractivity contribution in [3.05, 3.63) is 83.2 Å². The summed E-state index contributed by atoms with van der Waals surface area (Å²) in [6.45, 7) is 0.330. The number of hydrogen-bond donors (Lipinski definition) is 0. The highest BCUT2D eigenvalue weighted by atomic mass is 19.4. The number of cyclic esters (lactones) is 1. The highest BCUT2D eigenvalue weighted by Crippen LogP contribution is 2.40. The SMILES string of the molecule is C[C@H]1N(C(=O)c2ccc(C(F)(F)F)cc2F)CC(=O)O[C@@]1(Cn1cncn1)c1ccc(F)cc1F. The number of benzene rings is 2. The second kappa shape index (κ2) is 8.71. The van der Waals surface area contributed by atoms with Gasteiger partial charge >= 0.3 is 12.1 Å². The minimum Gasteiger partial charge on any atom is -0.449 e. The maximum atomic E-state index is 14.9. The number of ether oxygens (including phenoxy) is 1. The molecular weight excluding hydrogens is 482 g/mol. The molecule has 1 aliphatic rings. The number of carbonyl (C=O) groups is 2. The number of alkyl halides is 3. The maximum Gasteiger partial charge on any atom is 0.416 e. The first-order valence-electron chi connectivity index (χ1n) is 10.1. The molecule has 0 N–H and O–H groups in total. The average Bonchev–Trinajstić information content (AvgIpc) is 3.27. The number of rotatable bonds is 4. The van der Waals surface area contributed by atoms with E-state index in [1.54, 1.807) is 0 Å². The first-order valence-corrected chi connectivity index (χ1v) is 10.1. The van der Waals surface area contributed by atoms with Gasteiger partial charge in [0.15, 0.2) is 5.60 Å². The summed E-state index contributed by atoms with van der Waals surface area (Å²) in [4.78, 5) is 30.5. The smallest absolute Gasteiger partial charge is 0.416 e. The monoisotopic (exact) mass is 498 g/mol. The number of carbonyl (C=O) groups excluding carboxylic acids is 2. The largest absolute Gasteiger partial charge is 0.449 e. The van der Waals surface area contributed by atoms with Crippen LogP contribution in [0, 0.1) is 17.5 Å². The average molecular weight is 498 g/mol. The summed E-state index contributed by atoms with van der Waals surface area (Å²) < 4.78 is 88.6. The van der Waals surface area contributed by atoms with E-state index in [1.165, 1.54) is 17.9 Å². The van der Waals surface area contributed by atoms with Gasteiger partial charge < -0.3 is 9.64 Å². The van der Waals surface area contributed by atoms with Crippen molar-refractivity contribution in [1.29, 1.82) is 0 Å². The van der Waals surface area contributed by atoms with Crippen LogP contribution in [-0.2, 0) is 27.9 Å². The summed E-state index contributed by atoms with van der Waals surface area (Å²) in [5.41, 5.74) is -4.28. The normalized spacial score (nSPS) is 20.6. The second-order valence-electron chi connectivity index (χ2n) is 7.88. The summed E-state index contributed by atoms with van der Waals surface area (Å²) in [6.07, 6.45) is -2.44. The fourth-order valence-electron chi connectivity index (χ4n) is 4.03. The molecule has 35 heavy (non-hydrogen) atoms. The van der Waals surface area contributed by atoms with Crippen molar-refractivity contribution in [1.82, 2.24) is 19.7 Å². The van der Waals surface area contributed by atoms with Crippen molar-refractivity contribution in [2.45, 2.75) is 31.3 Å². The molecule has 4 rings (SSSR count). The molecule has 2 aromatic carbocycles. The molecule has 0 unspecified atom stereocenters. The molecule has 1 amide bonds. The molecular formula is C22H16F6N4O3. The lowest BCUT2D eigenvalue weighted by molar-refractivity contribution is -0.186. The number of halogens is 6. The quantitative estimate of drug-likeness (QED) is 0.405. The molecule has 3 aromatic rings. The maximum absolute atomic E-state index is 14.9. The topological polar surface area (TPSA) is 77.3 Å². The van der Waals surface area contributed by atoms with Gasteiger partial charge in [0, 0.05) is 11.6 Å². The van der Waals surface area contributed by atoms with E-state index in [0.717, 1.165) is 23.4 Å². The first kappa shape index (κ1) is 24.2. The molecule has 1 saturated heterocycles. The molecule has 1 aliphatic heterocycles. The van der Waals surface area contributed by atoms with Crippen molar-refractivity contribution in [3.8, 4) is 0 Å². The Bertz CT molecular complexity index is 1280. The Morgan fingerprint density at radius 2 is 1.89 bits per heavy atom. The molecule has 1 aromatic heterocycles. The molecule has 2 atom stereocenters. The van der Waals surface area contributed by atoms with Gasteiger partial charge in [-0.05, 0) is 37.3 Å². The zero-order valence-electron chi connectivity index (χ0n) is 17.9. The fourth-order valence-corrected chi connectivity index (χ4v) is 4.03. The summed E-state index contributed by atoms with van der Waals surface area (Å²) in [5.74, 6) is -5.57.